The lowest BCUT2D eigenvalue weighted by Crippen LogP contribution is -2.44. The molecule has 0 amide bonds. The van der Waals surface area contributed by atoms with Gasteiger partial charge in [-0.15, -0.1) is 0 Å². The zero-order valence-corrected chi connectivity index (χ0v) is 13.8. The summed E-state index contributed by atoms with van der Waals surface area (Å²) in [6.07, 6.45) is 3.38. The number of anilines is 1. The van der Waals surface area contributed by atoms with Crippen LogP contribution in [-0.4, -0.2) is 29.8 Å². The van der Waals surface area contributed by atoms with Gasteiger partial charge in [0.15, 0.2) is 0 Å². The van der Waals surface area contributed by atoms with Gasteiger partial charge >= 0.3 is 0 Å². The molecule has 2 nitrogen and oxygen atoms in total. The minimum atomic E-state index is 0.129. The van der Waals surface area contributed by atoms with Gasteiger partial charge in [0.05, 0.1) is 10.6 Å². The zero-order valence-electron chi connectivity index (χ0n) is 10.6. The Morgan fingerprint density at radius 2 is 2.37 bits per heavy atom. The second-order valence-corrected chi connectivity index (χ2v) is 7.66. The van der Waals surface area contributed by atoms with Crippen molar-refractivity contribution < 1.29 is 4.74 Å². The van der Waals surface area contributed by atoms with Crippen LogP contribution in [0, 0.1) is 0 Å². The topological polar surface area (TPSA) is 21.3 Å². The van der Waals surface area contributed by atoms with Crippen molar-refractivity contribution >= 4 is 45.0 Å². The van der Waals surface area contributed by atoms with E-state index in [2.05, 4.69) is 21.2 Å². The van der Waals surface area contributed by atoms with E-state index in [0.717, 1.165) is 40.4 Å². The van der Waals surface area contributed by atoms with Crippen molar-refractivity contribution in [2.24, 2.45) is 0 Å². The Balaban J connectivity index is 1.67. The van der Waals surface area contributed by atoms with Crippen LogP contribution in [0.25, 0.3) is 0 Å². The van der Waals surface area contributed by atoms with E-state index in [4.69, 9.17) is 16.3 Å². The third kappa shape index (κ3) is 3.23. The summed E-state index contributed by atoms with van der Waals surface area (Å²) in [4.78, 5) is 0. The van der Waals surface area contributed by atoms with Crippen LogP contribution in [-0.2, 0) is 4.74 Å². The molecule has 1 aromatic rings. The van der Waals surface area contributed by atoms with Crippen LogP contribution in [0.5, 0.6) is 0 Å². The zero-order chi connectivity index (χ0) is 13.3. The summed E-state index contributed by atoms with van der Waals surface area (Å²) in [6, 6.07) is 6.52. The standard InChI is InChI=1S/C14H17BrClNOS/c15-12-7-10(1-2-13(12)16)17-11-3-5-18-14(8-11)4-6-19-9-14/h1-2,7,11,17H,3-6,8-9H2. The second-order valence-electron chi connectivity index (χ2n) is 5.30. The average molecular weight is 363 g/mol. The summed E-state index contributed by atoms with van der Waals surface area (Å²) in [7, 11) is 0. The van der Waals surface area contributed by atoms with E-state index >= 15 is 0 Å². The fraction of sp³-hybridized carbons (Fsp3) is 0.571. The summed E-state index contributed by atoms with van der Waals surface area (Å²) in [5, 5.41) is 4.37. The van der Waals surface area contributed by atoms with Crippen molar-refractivity contribution in [3.63, 3.8) is 0 Å². The number of hydrogen-bond acceptors (Lipinski definition) is 3. The molecular weight excluding hydrogens is 346 g/mol. The Morgan fingerprint density at radius 1 is 1.47 bits per heavy atom. The van der Waals surface area contributed by atoms with Gasteiger partial charge in [-0.05, 0) is 59.1 Å². The van der Waals surface area contributed by atoms with Crippen molar-refractivity contribution in [1.29, 1.82) is 0 Å². The van der Waals surface area contributed by atoms with Gasteiger partial charge < -0.3 is 10.1 Å². The average Bonchev–Trinajstić information content (AvgIpc) is 2.82. The second kappa shape index (κ2) is 5.84. The van der Waals surface area contributed by atoms with Gasteiger partial charge in [0.25, 0.3) is 0 Å². The van der Waals surface area contributed by atoms with Crippen molar-refractivity contribution in [2.75, 3.05) is 23.4 Å². The molecule has 5 heteroatoms. The largest absolute Gasteiger partial charge is 0.382 e. The molecule has 2 saturated heterocycles. The highest BCUT2D eigenvalue weighted by Crippen LogP contribution is 2.39. The molecule has 2 unspecified atom stereocenters. The highest BCUT2D eigenvalue weighted by molar-refractivity contribution is 9.10. The Morgan fingerprint density at radius 3 is 3.11 bits per heavy atom. The minimum absolute atomic E-state index is 0.129. The molecule has 2 aliphatic rings. The predicted molar refractivity (Wildman–Crippen MR) is 86.4 cm³/mol. The van der Waals surface area contributed by atoms with E-state index in [1.165, 1.54) is 12.2 Å². The molecule has 2 aliphatic heterocycles. The van der Waals surface area contributed by atoms with Gasteiger partial charge in [-0.3, -0.25) is 0 Å². The first-order valence-corrected chi connectivity index (χ1v) is 8.93. The third-order valence-electron chi connectivity index (χ3n) is 3.85. The molecule has 2 heterocycles. The van der Waals surface area contributed by atoms with Gasteiger partial charge in [0.2, 0.25) is 0 Å². The van der Waals surface area contributed by atoms with Crippen molar-refractivity contribution in [3.8, 4) is 0 Å². The van der Waals surface area contributed by atoms with Crippen LogP contribution < -0.4 is 5.32 Å². The lowest BCUT2D eigenvalue weighted by molar-refractivity contribution is -0.0628. The molecule has 0 radical (unpaired) electrons. The highest BCUT2D eigenvalue weighted by atomic mass is 79.9. The van der Waals surface area contributed by atoms with Gasteiger partial charge in [0, 0.05) is 28.6 Å². The van der Waals surface area contributed by atoms with E-state index in [9.17, 15) is 0 Å². The first-order chi connectivity index (χ1) is 9.17. The lowest BCUT2D eigenvalue weighted by Gasteiger charge is -2.38. The number of halogens is 2. The maximum absolute atomic E-state index is 6.05. The maximum atomic E-state index is 6.05. The van der Waals surface area contributed by atoms with Crippen LogP contribution in [0.15, 0.2) is 22.7 Å². The summed E-state index contributed by atoms with van der Waals surface area (Å²) < 4.78 is 6.99. The van der Waals surface area contributed by atoms with Crippen LogP contribution in [0.3, 0.4) is 0 Å². The Labute approximate surface area is 131 Å². The van der Waals surface area contributed by atoms with Gasteiger partial charge in [-0.25, -0.2) is 0 Å². The fourth-order valence-electron chi connectivity index (χ4n) is 2.84. The number of benzene rings is 1. The molecule has 3 rings (SSSR count). The molecular formula is C14H17BrClNOS. The van der Waals surface area contributed by atoms with Crippen molar-refractivity contribution in [2.45, 2.75) is 30.9 Å². The predicted octanol–water partition coefficient (Wildman–Crippen LogP) is 4.57. The Hall–Kier alpha value is 0.1000. The van der Waals surface area contributed by atoms with Crippen molar-refractivity contribution in [1.82, 2.24) is 0 Å². The molecule has 0 aliphatic carbocycles. The number of ether oxygens (including phenoxy) is 1. The Kier molecular flexibility index (Phi) is 4.32. The van der Waals surface area contributed by atoms with Crippen molar-refractivity contribution in [3.05, 3.63) is 27.7 Å². The summed E-state index contributed by atoms with van der Waals surface area (Å²) in [5.41, 5.74) is 1.26. The molecule has 1 N–H and O–H groups in total. The molecule has 104 valence electrons. The van der Waals surface area contributed by atoms with Gasteiger partial charge in [0.1, 0.15) is 0 Å². The highest BCUT2D eigenvalue weighted by Gasteiger charge is 2.40. The quantitative estimate of drug-likeness (QED) is 0.832. The fourth-order valence-corrected chi connectivity index (χ4v) is 4.71. The van der Waals surface area contributed by atoms with Crippen LogP contribution in [0.1, 0.15) is 19.3 Å². The molecule has 1 spiro atoms. The monoisotopic (exact) mass is 361 g/mol. The smallest absolute Gasteiger partial charge is 0.0799 e. The van der Waals surface area contributed by atoms with E-state index in [-0.39, 0.29) is 5.60 Å². The van der Waals surface area contributed by atoms with Gasteiger partial charge in [-0.1, -0.05) is 11.6 Å². The normalized spacial score (nSPS) is 30.7. The SMILES string of the molecule is Clc1ccc(NC2CCOC3(CCSC3)C2)cc1Br. The molecule has 2 fully saturated rings. The first-order valence-electron chi connectivity index (χ1n) is 6.60. The summed E-state index contributed by atoms with van der Waals surface area (Å²) in [6.45, 7) is 0.868. The molecule has 0 saturated carbocycles. The van der Waals surface area contributed by atoms with E-state index < -0.39 is 0 Å². The molecule has 19 heavy (non-hydrogen) atoms. The number of thioether (sulfide) groups is 1. The molecule has 2 atom stereocenters. The van der Waals surface area contributed by atoms with E-state index in [1.54, 1.807) is 0 Å². The number of hydrogen-bond donors (Lipinski definition) is 1. The van der Waals surface area contributed by atoms with E-state index in [0.29, 0.717) is 6.04 Å². The summed E-state index contributed by atoms with van der Waals surface area (Å²) in [5.74, 6) is 2.38. The summed E-state index contributed by atoms with van der Waals surface area (Å²) >= 11 is 11.5. The molecule has 0 bridgehead atoms. The van der Waals surface area contributed by atoms with Crippen LogP contribution >= 0.6 is 39.3 Å². The van der Waals surface area contributed by atoms with Crippen LogP contribution in [0.2, 0.25) is 5.02 Å². The minimum Gasteiger partial charge on any atom is -0.382 e. The third-order valence-corrected chi connectivity index (χ3v) is 6.29. The number of rotatable bonds is 2. The van der Waals surface area contributed by atoms with Crippen LogP contribution in [0.4, 0.5) is 5.69 Å². The van der Waals surface area contributed by atoms with E-state index in [1.807, 2.05) is 30.0 Å². The van der Waals surface area contributed by atoms with Gasteiger partial charge in [-0.2, -0.15) is 11.8 Å². The molecule has 0 aromatic heterocycles. The maximum Gasteiger partial charge on any atom is 0.0799 e. The lowest BCUT2D eigenvalue weighted by atomic mass is 9.90. The number of nitrogens with one attached hydrogen (secondary N) is 1. The first kappa shape index (κ1) is 14.1. The Bertz CT molecular complexity index is 465. The molecule has 1 aromatic carbocycles.